The van der Waals surface area contributed by atoms with Crippen molar-refractivity contribution < 1.29 is 9.21 Å². The molecule has 1 amide bonds. The van der Waals surface area contributed by atoms with Gasteiger partial charge in [0.25, 0.3) is 0 Å². The van der Waals surface area contributed by atoms with Crippen LogP contribution in [0.25, 0.3) is 11.1 Å². The molecule has 0 bridgehead atoms. The number of rotatable bonds is 6. The lowest BCUT2D eigenvalue weighted by atomic mass is 10.1. The molecule has 0 fully saturated rings. The molecule has 8 heteroatoms. The molecule has 0 radical (unpaired) electrons. The lowest BCUT2D eigenvalue weighted by Crippen LogP contribution is -2.19. The molecule has 4 rings (SSSR count). The van der Waals surface area contributed by atoms with Gasteiger partial charge in [0.1, 0.15) is 0 Å². The van der Waals surface area contributed by atoms with Gasteiger partial charge in [-0.3, -0.25) is 9.36 Å². The maximum absolute atomic E-state index is 12.3. The van der Waals surface area contributed by atoms with E-state index in [1.54, 1.807) is 24.4 Å². The molecular weight excluding hydrogens is 410 g/mol. The van der Waals surface area contributed by atoms with E-state index < -0.39 is 5.76 Å². The average Bonchev–Trinajstić information content (AvgIpc) is 3.26. The van der Waals surface area contributed by atoms with Crippen LogP contribution >= 0.6 is 22.9 Å². The Bertz CT molecular complexity index is 1240. The maximum atomic E-state index is 12.3. The molecular formula is C21H18ClN3O3S. The zero-order valence-electron chi connectivity index (χ0n) is 15.6. The number of oxazole rings is 1. The molecule has 2 aromatic carbocycles. The highest BCUT2D eigenvalue weighted by molar-refractivity contribution is 7.15. The number of carbonyl (C=O) groups is 1. The first-order chi connectivity index (χ1) is 14.0. The van der Waals surface area contributed by atoms with Crippen LogP contribution in [0.4, 0.5) is 5.13 Å². The van der Waals surface area contributed by atoms with E-state index in [-0.39, 0.29) is 18.9 Å². The van der Waals surface area contributed by atoms with E-state index in [0.29, 0.717) is 22.7 Å². The zero-order chi connectivity index (χ0) is 20.4. The first-order valence-electron chi connectivity index (χ1n) is 9.07. The molecule has 4 aromatic rings. The van der Waals surface area contributed by atoms with Crippen molar-refractivity contribution in [2.75, 3.05) is 5.32 Å². The number of hydrogen-bond acceptors (Lipinski definition) is 5. The van der Waals surface area contributed by atoms with Gasteiger partial charge in [0, 0.05) is 35.5 Å². The van der Waals surface area contributed by atoms with Crippen molar-refractivity contribution in [3.05, 3.63) is 80.2 Å². The molecule has 0 spiro atoms. The number of aryl methyl sites for hydroxylation is 2. The van der Waals surface area contributed by atoms with Gasteiger partial charge in [-0.05, 0) is 36.2 Å². The van der Waals surface area contributed by atoms with Crippen LogP contribution in [-0.2, 0) is 17.8 Å². The lowest BCUT2D eigenvalue weighted by Gasteiger charge is -2.03. The third-order valence-electron chi connectivity index (χ3n) is 4.55. The second-order valence-corrected chi connectivity index (χ2v) is 8.20. The fourth-order valence-electron chi connectivity index (χ4n) is 3.02. The second-order valence-electron chi connectivity index (χ2n) is 6.68. The van der Waals surface area contributed by atoms with Gasteiger partial charge in [0.05, 0.1) is 5.52 Å². The summed E-state index contributed by atoms with van der Waals surface area (Å²) in [7, 11) is 0. The summed E-state index contributed by atoms with van der Waals surface area (Å²) in [5, 5.41) is 4.07. The number of carbonyl (C=O) groups excluding carboxylic acids is 1. The largest absolute Gasteiger partial charge is 0.419 e. The monoisotopic (exact) mass is 427 g/mol. The first kappa shape index (κ1) is 19.4. The predicted octanol–water partition coefficient (Wildman–Crippen LogP) is 4.63. The zero-order valence-corrected chi connectivity index (χ0v) is 17.2. The molecule has 148 valence electrons. The van der Waals surface area contributed by atoms with Gasteiger partial charge in [-0.15, -0.1) is 11.3 Å². The highest BCUT2D eigenvalue weighted by atomic mass is 35.5. The Morgan fingerprint density at radius 2 is 2.10 bits per heavy atom. The van der Waals surface area contributed by atoms with Crippen LogP contribution in [0.1, 0.15) is 22.4 Å². The van der Waals surface area contributed by atoms with E-state index in [1.807, 2.05) is 31.2 Å². The summed E-state index contributed by atoms with van der Waals surface area (Å²) >= 11 is 7.60. The summed E-state index contributed by atoms with van der Waals surface area (Å²) in [5.74, 6) is -0.672. The van der Waals surface area contributed by atoms with Crippen molar-refractivity contribution >= 4 is 45.1 Å². The van der Waals surface area contributed by atoms with Crippen LogP contribution in [0.5, 0.6) is 0 Å². The summed E-state index contributed by atoms with van der Waals surface area (Å²) in [6, 6.07) is 13.1. The topological polar surface area (TPSA) is 77.1 Å². The number of benzene rings is 2. The van der Waals surface area contributed by atoms with Crippen molar-refractivity contribution in [2.24, 2.45) is 0 Å². The fraction of sp³-hybridized carbons (Fsp3) is 0.190. The Kier molecular flexibility index (Phi) is 5.51. The molecule has 0 aliphatic heterocycles. The van der Waals surface area contributed by atoms with Crippen molar-refractivity contribution in [2.45, 2.75) is 26.3 Å². The Hall–Kier alpha value is -2.90. The number of hydrogen-bond donors (Lipinski definition) is 1. The standard InChI is InChI=1S/C21H18ClN3O3S/c1-13-6-7-14(11-16(13)22)10-15-12-23-20(29-15)24-19(26)8-9-25-17-4-2-3-5-18(17)28-21(25)27/h2-7,11-12H,8-10H2,1H3,(H,23,24,26). The number of fused-ring (bicyclic) bond motifs is 1. The number of amides is 1. The Balaban J connectivity index is 1.37. The van der Waals surface area contributed by atoms with Crippen LogP contribution < -0.4 is 11.1 Å². The van der Waals surface area contributed by atoms with Gasteiger partial charge in [0.2, 0.25) is 5.91 Å². The van der Waals surface area contributed by atoms with Crippen molar-refractivity contribution in [1.29, 1.82) is 0 Å². The van der Waals surface area contributed by atoms with Crippen molar-refractivity contribution in [3.63, 3.8) is 0 Å². The number of aromatic nitrogens is 2. The quantitative estimate of drug-likeness (QED) is 0.486. The van der Waals surface area contributed by atoms with Gasteiger partial charge in [-0.2, -0.15) is 0 Å². The summed E-state index contributed by atoms with van der Waals surface area (Å²) in [5.41, 5.74) is 3.32. The van der Waals surface area contributed by atoms with Crippen LogP contribution in [0.15, 0.2) is 57.9 Å². The van der Waals surface area contributed by atoms with Crippen LogP contribution in [-0.4, -0.2) is 15.5 Å². The summed E-state index contributed by atoms with van der Waals surface area (Å²) in [4.78, 5) is 29.6. The molecule has 1 N–H and O–H groups in total. The molecule has 0 atom stereocenters. The average molecular weight is 428 g/mol. The summed E-state index contributed by atoms with van der Waals surface area (Å²) in [6.45, 7) is 2.20. The fourth-order valence-corrected chi connectivity index (χ4v) is 4.08. The second kappa shape index (κ2) is 8.23. The normalized spacial score (nSPS) is 11.1. The number of nitrogens with zero attached hydrogens (tertiary/aromatic N) is 2. The van der Waals surface area contributed by atoms with E-state index in [9.17, 15) is 9.59 Å². The van der Waals surface area contributed by atoms with Crippen LogP contribution in [0, 0.1) is 6.92 Å². The van der Waals surface area contributed by atoms with Gasteiger partial charge in [-0.1, -0.05) is 35.9 Å². The first-order valence-corrected chi connectivity index (χ1v) is 10.3. The SMILES string of the molecule is Cc1ccc(Cc2cnc(NC(=O)CCn3c(=O)oc4ccccc43)s2)cc1Cl. The minimum Gasteiger partial charge on any atom is -0.408 e. The highest BCUT2D eigenvalue weighted by Crippen LogP contribution is 2.24. The van der Waals surface area contributed by atoms with Gasteiger partial charge in [-0.25, -0.2) is 9.78 Å². The van der Waals surface area contributed by atoms with E-state index in [4.69, 9.17) is 16.0 Å². The lowest BCUT2D eigenvalue weighted by molar-refractivity contribution is -0.116. The molecule has 2 heterocycles. The molecule has 6 nitrogen and oxygen atoms in total. The Morgan fingerprint density at radius 3 is 2.93 bits per heavy atom. The summed E-state index contributed by atoms with van der Waals surface area (Å²) < 4.78 is 6.64. The van der Waals surface area contributed by atoms with Crippen LogP contribution in [0.3, 0.4) is 0 Å². The predicted molar refractivity (Wildman–Crippen MR) is 115 cm³/mol. The minimum atomic E-state index is -0.465. The molecule has 2 aromatic heterocycles. The third kappa shape index (κ3) is 4.41. The molecule has 0 saturated carbocycles. The molecule has 0 saturated heterocycles. The van der Waals surface area contributed by atoms with Crippen molar-refractivity contribution in [3.8, 4) is 0 Å². The van der Waals surface area contributed by atoms with Crippen LogP contribution in [0.2, 0.25) is 5.02 Å². The molecule has 0 unspecified atom stereocenters. The smallest absolute Gasteiger partial charge is 0.408 e. The van der Waals surface area contributed by atoms with E-state index in [1.165, 1.54) is 15.9 Å². The maximum Gasteiger partial charge on any atom is 0.419 e. The van der Waals surface area contributed by atoms with E-state index in [2.05, 4.69) is 10.3 Å². The Labute approximate surface area is 175 Å². The van der Waals surface area contributed by atoms with E-state index >= 15 is 0 Å². The van der Waals surface area contributed by atoms with E-state index in [0.717, 1.165) is 21.0 Å². The highest BCUT2D eigenvalue weighted by Gasteiger charge is 2.12. The number of para-hydroxylation sites is 2. The van der Waals surface area contributed by atoms with Crippen molar-refractivity contribution in [1.82, 2.24) is 9.55 Å². The number of halogens is 1. The van der Waals surface area contributed by atoms with Gasteiger partial charge < -0.3 is 9.73 Å². The number of anilines is 1. The molecule has 0 aliphatic carbocycles. The van der Waals surface area contributed by atoms with Gasteiger partial charge >= 0.3 is 5.76 Å². The molecule has 0 aliphatic rings. The summed E-state index contributed by atoms with van der Waals surface area (Å²) in [6.07, 6.45) is 2.60. The van der Waals surface area contributed by atoms with Gasteiger partial charge in [0.15, 0.2) is 10.7 Å². The number of nitrogens with one attached hydrogen (secondary N) is 1. The third-order valence-corrected chi connectivity index (χ3v) is 5.87. The minimum absolute atomic E-state index is 0.145. The molecule has 29 heavy (non-hydrogen) atoms. The Morgan fingerprint density at radius 1 is 1.28 bits per heavy atom. The number of thiazole rings is 1.